The van der Waals surface area contributed by atoms with Crippen molar-refractivity contribution in [2.75, 3.05) is 19.6 Å². The fourth-order valence-corrected chi connectivity index (χ4v) is 5.11. The van der Waals surface area contributed by atoms with E-state index >= 15 is 0 Å². The largest absolute Gasteiger partial charge is 0.339 e. The van der Waals surface area contributed by atoms with Crippen LogP contribution in [0, 0.1) is 12.3 Å². The smallest absolute Gasteiger partial charge is 0.263 e. The van der Waals surface area contributed by atoms with Crippen LogP contribution in [-0.4, -0.2) is 57.3 Å². The van der Waals surface area contributed by atoms with Crippen molar-refractivity contribution in [3.8, 4) is 0 Å². The number of carbonyl (C=O) groups is 2. The van der Waals surface area contributed by atoms with Gasteiger partial charge in [-0.1, -0.05) is 12.8 Å². The number of aromatic amines is 1. The third-order valence-electron chi connectivity index (χ3n) is 6.57. The summed E-state index contributed by atoms with van der Waals surface area (Å²) in [7, 11) is 0. The molecule has 2 aliphatic heterocycles. The van der Waals surface area contributed by atoms with E-state index in [0.717, 1.165) is 38.6 Å². The summed E-state index contributed by atoms with van der Waals surface area (Å²) in [6.45, 7) is 3.73. The minimum Gasteiger partial charge on any atom is -0.339 e. The number of piperidine rings is 2. The van der Waals surface area contributed by atoms with E-state index in [1.807, 2.05) is 0 Å². The van der Waals surface area contributed by atoms with Gasteiger partial charge in [-0.3, -0.25) is 14.4 Å². The minimum absolute atomic E-state index is 0.0324. The number of amides is 2. The van der Waals surface area contributed by atoms with Crippen LogP contribution in [0.25, 0.3) is 0 Å². The van der Waals surface area contributed by atoms with E-state index in [1.54, 1.807) is 11.8 Å². The summed E-state index contributed by atoms with van der Waals surface area (Å²) in [5.74, 6) is 0.534. The maximum absolute atomic E-state index is 12.9. The number of nitrogens with zero attached hydrogens (tertiary/aromatic N) is 3. The quantitative estimate of drug-likeness (QED) is 0.859. The Hall–Kier alpha value is -2.18. The maximum atomic E-state index is 12.9. The van der Waals surface area contributed by atoms with Gasteiger partial charge in [0.1, 0.15) is 11.4 Å². The lowest BCUT2D eigenvalue weighted by Gasteiger charge is -2.49. The van der Waals surface area contributed by atoms with Crippen molar-refractivity contribution in [3.05, 3.63) is 27.9 Å². The lowest BCUT2D eigenvalue weighted by Crippen LogP contribution is -2.57. The van der Waals surface area contributed by atoms with Crippen LogP contribution < -0.4 is 5.56 Å². The fraction of sp³-hybridized carbons (Fsp3) is 0.700. The topological polar surface area (TPSA) is 86.4 Å². The van der Waals surface area contributed by atoms with Crippen molar-refractivity contribution in [3.63, 3.8) is 0 Å². The number of rotatable bonds is 2. The lowest BCUT2D eigenvalue weighted by atomic mass is 9.73. The molecule has 1 spiro atoms. The normalized spacial score (nSPS) is 26.8. The first kappa shape index (κ1) is 18.2. The SMILES string of the molecule is Cc1ncc(C(=O)N2CCC[C@]3(CCC(=O)N(C4CCCC4)C3)C2)c(=O)[nH]1. The van der Waals surface area contributed by atoms with Gasteiger partial charge in [-0.05, 0) is 39.0 Å². The van der Waals surface area contributed by atoms with Gasteiger partial charge in [0, 0.05) is 43.7 Å². The monoisotopic (exact) mass is 372 g/mol. The summed E-state index contributed by atoms with van der Waals surface area (Å²) >= 11 is 0. The van der Waals surface area contributed by atoms with Crippen molar-refractivity contribution < 1.29 is 9.59 Å². The van der Waals surface area contributed by atoms with E-state index in [2.05, 4.69) is 14.9 Å². The number of aryl methyl sites for hydroxylation is 1. The molecular weight excluding hydrogens is 344 g/mol. The van der Waals surface area contributed by atoms with Gasteiger partial charge in [-0.25, -0.2) is 4.98 Å². The molecule has 1 aromatic rings. The Bertz CT molecular complexity index is 799. The predicted molar refractivity (Wildman–Crippen MR) is 100 cm³/mol. The van der Waals surface area contributed by atoms with Crippen molar-refractivity contribution in [2.24, 2.45) is 5.41 Å². The highest BCUT2D eigenvalue weighted by atomic mass is 16.2. The molecule has 0 aromatic carbocycles. The van der Waals surface area contributed by atoms with Gasteiger partial charge in [0.25, 0.3) is 11.5 Å². The average molecular weight is 372 g/mol. The highest BCUT2D eigenvalue weighted by Crippen LogP contribution is 2.41. The van der Waals surface area contributed by atoms with Gasteiger partial charge in [0.2, 0.25) is 5.91 Å². The van der Waals surface area contributed by atoms with Crippen LogP contribution in [0.2, 0.25) is 0 Å². The molecule has 1 aromatic heterocycles. The molecule has 1 aliphatic carbocycles. The van der Waals surface area contributed by atoms with Crippen LogP contribution in [0.3, 0.4) is 0 Å². The average Bonchev–Trinajstić information content (AvgIpc) is 3.18. The number of aromatic nitrogens is 2. The third kappa shape index (κ3) is 3.51. The molecule has 7 nitrogen and oxygen atoms in total. The Morgan fingerprint density at radius 3 is 2.70 bits per heavy atom. The van der Waals surface area contributed by atoms with Crippen molar-refractivity contribution in [1.82, 2.24) is 19.8 Å². The molecule has 27 heavy (non-hydrogen) atoms. The highest BCUT2D eigenvalue weighted by molar-refractivity contribution is 5.93. The van der Waals surface area contributed by atoms with Crippen molar-refractivity contribution in [2.45, 2.75) is 64.3 Å². The first-order valence-corrected chi connectivity index (χ1v) is 10.1. The van der Waals surface area contributed by atoms with Crippen LogP contribution >= 0.6 is 0 Å². The highest BCUT2D eigenvalue weighted by Gasteiger charge is 2.44. The van der Waals surface area contributed by atoms with Gasteiger partial charge in [0.05, 0.1) is 0 Å². The Labute approximate surface area is 159 Å². The van der Waals surface area contributed by atoms with Crippen LogP contribution in [0.1, 0.15) is 67.5 Å². The van der Waals surface area contributed by atoms with E-state index in [9.17, 15) is 14.4 Å². The second kappa shape index (κ2) is 7.09. The zero-order valence-electron chi connectivity index (χ0n) is 16.0. The lowest BCUT2D eigenvalue weighted by molar-refractivity contribution is -0.142. The Morgan fingerprint density at radius 1 is 1.19 bits per heavy atom. The van der Waals surface area contributed by atoms with Crippen LogP contribution in [0.4, 0.5) is 0 Å². The van der Waals surface area contributed by atoms with E-state index in [-0.39, 0.29) is 28.4 Å². The second-order valence-electron chi connectivity index (χ2n) is 8.50. The van der Waals surface area contributed by atoms with E-state index in [4.69, 9.17) is 0 Å². The summed E-state index contributed by atoms with van der Waals surface area (Å²) in [4.78, 5) is 48.2. The summed E-state index contributed by atoms with van der Waals surface area (Å²) < 4.78 is 0. The first-order chi connectivity index (χ1) is 13.0. The van der Waals surface area contributed by atoms with Gasteiger partial charge < -0.3 is 14.8 Å². The molecule has 4 rings (SSSR count). The van der Waals surface area contributed by atoms with Crippen molar-refractivity contribution >= 4 is 11.8 Å². The van der Waals surface area contributed by atoms with Crippen LogP contribution in [0.15, 0.2) is 11.0 Å². The zero-order valence-corrected chi connectivity index (χ0v) is 16.0. The second-order valence-corrected chi connectivity index (χ2v) is 8.50. The minimum atomic E-state index is -0.376. The Kier molecular flexibility index (Phi) is 4.78. The molecule has 2 saturated heterocycles. The molecule has 1 N–H and O–H groups in total. The van der Waals surface area contributed by atoms with Gasteiger partial charge in [0.15, 0.2) is 0 Å². The summed E-state index contributed by atoms with van der Waals surface area (Å²) in [6, 6.07) is 0.380. The van der Waals surface area contributed by atoms with E-state index in [0.29, 0.717) is 31.4 Å². The molecule has 3 fully saturated rings. The Morgan fingerprint density at radius 2 is 1.96 bits per heavy atom. The summed E-state index contributed by atoms with van der Waals surface area (Å²) in [5.41, 5.74) is -0.300. The van der Waals surface area contributed by atoms with Crippen LogP contribution in [0.5, 0.6) is 0 Å². The molecule has 0 unspecified atom stereocenters. The van der Waals surface area contributed by atoms with Gasteiger partial charge >= 0.3 is 0 Å². The van der Waals surface area contributed by atoms with Crippen molar-refractivity contribution in [1.29, 1.82) is 0 Å². The molecule has 1 saturated carbocycles. The van der Waals surface area contributed by atoms with Crippen LogP contribution in [-0.2, 0) is 4.79 Å². The number of carbonyl (C=O) groups excluding carboxylic acids is 2. The zero-order chi connectivity index (χ0) is 19.0. The first-order valence-electron chi connectivity index (χ1n) is 10.1. The fourth-order valence-electron chi connectivity index (χ4n) is 5.11. The number of H-pyrrole nitrogens is 1. The summed E-state index contributed by atoms with van der Waals surface area (Å²) in [5, 5.41) is 0. The molecule has 3 aliphatic rings. The molecular formula is C20H28N4O3. The van der Waals surface area contributed by atoms with E-state index < -0.39 is 0 Å². The molecule has 7 heteroatoms. The standard InChI is InChI=1S/C20H28N4O3/c1-14-21-11-16(18(26)22-14)19(27)23-10-4-8-20(12-23)9-7-17(25)24(13-20)15-5-2-3-6-15/h11,15H,2-10,12-13H2,1H3,(H,21,22,26)/t20-/m0/s1. The van der Waals surface area contributed by atoms with Gasteiger partial charge in [-0.15, -0.1) is 0 Å². The number of nitrogens with one attached hydrogen (secondary N) is 1. The van der Waals surface area contributed by atoms with E-state index in [1.165, 1.54) is 19.0 Å². The molecule has 146 valence electrons. The number of likely N-dealkylation sites (tertiary alicyclic amines) is 2. The predicted octanol–water partition coefficient (Wildman–Crippen LogP) is 1.87. The molecule has 1 atom stereocenters. The summed E-state index contributed by atoms with van der Waals surface area (Å²) in [6.07, 6.45) is 9.36. The third-order valence-corrected chi connectivity index (χ3v) is 6.57. The molecule has 0 bridgehead atoms. The van der Waals surface area contributed by atoms with Gasteiger partial charge in [-0.2, -0.15) is 0 Å². The number of hydrogen-bond donors (Lipinski definition) is 1. The Balaban J connectivity index is 1.52. The molecule has 0 radical (unpaired) electrons. The molecule has 3 heterocycles. The molecule has 2 amide bonds. The number of hydrogen-bond acceptors (Lipinski definition) is 4. The maximum Gasteiger partial charge on any atom is 0.263 e.